The van der Waals surface area contributed by atoms with E-state index in [4.69, 9.17) is 0 Å². The first-order chi connectivity index (χ1) is 15.3. The van der Waals surface area contributed by atoms with Gasteiger partial charge < -0.3 is 10.3 Å². The van der Waals surface area contributed by atoms with Gasteiger partial charge in [-0.25, -0.2) is 13.4 Å². The van der Waals surface area contributed by atoms with Crippen LogP contribution in [0.15, 0.2) is 82.8 Å². The fourth-order valence-electron chi connectivity index (χ4n) is 3.27. The lowest BCUT2D eigenvalue weighted by atomic mass is 10.1. The monoisotopic (exact) mass is 465 g/mol. The zero-order valence-corrected chi connectivity index (χ0v) is 19.3. The van der Waals surface area contributed by atoms with Crippen molar-refractivity contribution in [3.8, 4) is 0 Å². The molecule has 0 aliphatic heterocycles. The summed E-state index contributed by atoms with van der Waals surface area (Å²) >= 11 is 1.61. The second kappa shape index (κ2) is 9.18. The fraction of sp³-hybridized carbons (Fsp3) is 0.167. The van der Waals surface area contributed by atoms with Crippen LogP contribution < -0.4 is 5.32 Å². The van der Waals surface area contributed by atoms with Crippen LogP contribution >= 0.6 is 11.8 Å². The number of carbonyl (C=O) groups is 1. The lowest BCUT2D eigenvalue weighted by Gasteiger charge is -2.15. The SMILES string of the molecule is C[C@H](NC(=O)c1ccc(CSc2nc3ccccc3[nH]2)cc1)c1ccc(S(C)(=O)=O)cc1. The van der Waals surface area contributed by atoms with Crippen LogP contribution in [-0.4, -0.2) is 30.5 Å². The van der Waals surface area contributed by atoms with Crippen LogP contribution in [-0.2, 0) is 15.6 Å². The molecule has 0 spiro atoms. The Kier molecular flexibility index (Phi) is 6.34. The second-order valence-electron chi connectivity index (χ2n) is 7.58. The summed E-state index contributed by atoms with van der Waals surface area (Å²) in [4.78, 5) is 20.7. The molecule has 4 rings (SSSR count). The van der Waals surface area contributed by atoms with E-state index < -0.39 is 9.84 Å². The van der Waals surface area contributed by atoms with Gasteiger partial charge in [0.15, 0.2) is 15.0 Å². The number of sulfone groups is 1. The highest BCUT2D eigenvalue weighted by Gasteiger charge is 2.13. The van der Waals surface area contributed by atoms with E-state index in [0.29, 0.717) is 5.56 Å². The van der Waals surface area contributed by atoms with Crippen molar-refractivity contribution in [1.29, 1.82) is 0 Å². The van der Waals surface area contributed by atoms with Gasteiger partial charge in [-0.15, -0.1) is 0 Å². The molecule has 4 aromatic rings. The van der Waals surface area contributed by atoms with Gasteiger partial charge in [0.25, 0.3) is 5.91 Å². The maximum atomic E-state index is 12.6. The predicted octanol–water partition coefficient (Wildman–Crippen LogP) is 4.75. The lowest BCUT2D eigenvalue weighted by molar-refractivity contribution is 0.0940. The molecule has 1 amide bonds. The van der Waals surface area contributed by atoms with Crippen molar-refractivity contribution in [1.82, 2.24) is 15.3 Å². The minimum absolute atomic E-state index is 0.179. The minimum Gasteiger partial charge on any atom is -0.346 e. The number of thioether (sulfide) groups is 1. The van der Waals surface area contributed by atoms with Gasteiger partial charge in [-0.3, -0.25) is 4.79 Å². The fourth-order valence-corrected chi connectivity index (χ4v) is 4.74. The van der Waals surface area contributed by atoms with Gasteiger partial charge in [0, 0.05) is 17.6 Å². The number of amides is 1. The van der Waals surface area contributed by atoms with Gasteiger partial charge in [0.1, 0.15) is 0 Å². The molecule has 8 heteroatoms. The summed E-state index contributed by atoms with van der Waals surface area (Å²) in [7, 11) is -3.24. The third-order valence-corrected chi connectivity index (χ3v) is 7.19. The predicted molar refractivity (Wildman–Crippen MR) is 128 cm³/mol. The highest BCUT2D eigenvalue weighted by molar-refractivity contribution is 7.98. The van der Waals surface area contributed by atoms with Gasteiger partial charge >= 0.3 is 0 Å². The number of hydrogen-bond donors (Lipinski definition) is 2. The molecule has 0 unspecified atom stereocenters. The van der Waals surface area contributed by atoms with E-state index >= 15 is 0 Å². The Balaban J connectivity index is 1.35. The number of rotatable bonds is 7. The van der Waals surface area contributed by atoms with Gasteiger partial charge in [-0.1, -0.05) is 48.2 Å². The van der Waals surface area contributed by atoms with Gasteiger partial charge in [0.05, 0.1) is 22.0 Å². The smallest absolute Gasteiger partial charge is 0.251 e. The van der Waals surface area contributed by atoms with E-state index in [1.807, 2.05) is 55.5 Å². The molecule has 1 heterocycles. The van der Waals surface area contributed by atoms with Crippen LogP contribution in [0, 0.1) is 0 Å². The van der Waals surface area contributed by atoms with Crippen molar-refractivity contribution in [2.75, 3.05) is 6.26 Å². The third-order valence-electron chi connectivity index (χ3n) is 5.12. The Labute approximate surface area is 191 Å². The van der Waals surface area contributed by atoms with Crippen LogP contribution in [0.5, 0.6) is 0 Å². The second-order valence-corrected chi connectivity index (χ2v) is 10.6. The topological polar surface area (TPSA) is 91.9 Å². The Bertz CT molecular complexity index is 1310. The number of imidazole rings is 1. The van der Waals surface area contributed by atoms with Crippen LogP contribution in [0.1, 0.15) is 34.5 Å². The molecule has 3 aromatic carbocycles. The molecule has 0 radical (unpaired) electrons. The van der Waals surface area contributed by atoms with E-state index in [2.05, 4.69) is 15.3 Å². The number of benzene rings is 3. The largest absolute Gasteiger partial charge is 0.346 e. The zero-order chi connectivity index (χ0) is 22.7. The number of hydrogen-bond acceptors (Lipinski definition) is 5. The highest BCUT2D eigenvalue weighted by atomic mass is 32.2. The van der Waals surface area contributed by atoms with Crippen LogP contribution in [0.2, 0.25) is 0 Å². The average molecular weight is 466 g/mol. The normalized spacial score (nSPS) is 12.6. The Morgan fingerprint density at radius 2 is 1.72 bits per heavy atom. The third kappa shape index (κ3) is 5.20. The highest BCUT2D eigenvalue weighted by Crippen LogP contribution is 2.23. The summed E-state index contributed by atoms with van der Waals surface area (Å²) in [5, 5.41) is 3.82. The quantitative estimate of drug-likeness (QED) is 0.384. The van der Waals surface area contributed by atoms with Crippen molar-refractivity contribution in [2.45, 2.75) is 28.8 Å². The molecule has 0 saturated carbocycles. The molecule has 0 aliphatic rings. The molecular weight excluding hydrogens is 442 g/mol. The number of carbonyl (C=O) groups excluding carboxylic acids is 1. The van der Waals surface area contributed by atoms with E-state index in [1.165, 1.54) is 6.26 Å². The molecule has 0 aliphatic carbocycles. The number of aromatic nitrogens is 2. The van der Waals surface area contributed by atoms with Gasteiger partial charge in [-0.2, -0.15) is 0 Å². The summed E-state index contributed by atoms with van der Waals surface area (Å²) in [6.45, 7) is 1.87. The van der Waals surface area contributed by atoms with Gasteiger partial charge in [-0.05, 0) is 54.4 Å². The number of nitrogens with one attached hydrogen (secondary N) is 2. The lowest BCUT2D eigenvalue weighted by Crippen LogP contribution is -2.26. The van der Waals surface area contributed by atoms with Crippen molar-refractivity contribution in [3.05, 3.63) is 89.5 Å². The molecule has 1 aromatic heterocycles. The van der Waals surface area contributed by atoms with E-state index in [0.717, 1.165) is 33.1 Å². The summed E-state index contributed by atoms with van der Waals surface area (Å²) in [6.07, 6.45) is 1.17. The number of fused-ring (bicyclic) bond motifs is 1. The first kappa shape index (κ1) is 22.1. The maximum Gasteiger partial charge on any atom is 0.251 e. The van der Waals surface area contributed by atoms with E-state index in [9.17, 15) is 13.2 Å². The number of nitrogens with zero attached hydrogens (tertiary/aromatic N) is 1. The molecule has 0 saturated heterocycles. The molecule has 0 bridgehead atoms. The summed E-state index contributed by atoms with van der Waals surface area (Å²) in [6, 6.07) is 21.7. The Morgan fingerprint density at radius 3 is 2.38 bits per heavy atom. The van der Waals surface area contributed by atoms with Crippen LogP contribution in [0.4, 0.5) is 0 Å². The number of H-pyrrole nitrogens is 1. The maximum absolute atomic E-state index is 12.6. The molecule has 6 nitrogen and oxygen atoms in total. The average Bonchev–Trinajstić information content (AvgIpc) is 3.20. The molecule has 1 atom stereocenters. The standard InChI is InChI=1S/C24H23N3O3S2/c1-16(18-11-13-20(14-12-18)32(2,29)30)25-23(28)19-9-7-17(8-10-19)15-31-24-26-21-5-3-4-6-22(21)27-24/h3-14,16H,15H2,1-2H3,(H,25,28)(H,26,27)/t16-/m0/s1. The number of para-hydroxylation sites is 2. The first-order valence-corrected chi connectivity index (χ1v) is 12.9. The number of aromatic amines is 1. The summed E-state index contributed by atoms with van der Waals surface area (Å²) < 4.78 is 23.2. The molecule has 164 valence electrons. The van der Waals surface area contributed by atoms with Crippen molar-refractivity contribution in [3.63, 3.8) is 0 Å². The minimum atomic E-state index is -3.24. The van der Waals surface area contributed by atoms with Crippen molar-refractivity contribution < 1.29 is 13.2 Å². The molecular formula is C24H23N3O3S2. The Hall–Kier alpha value is -3.10. The van der Waals surface area contributed by atoms with E-state index in [1.54, 1.807) is 36.0 Å². The zero-order valence-electron chi connectivity index (χ0n) is 17.7. The summed E-state index contributed by atoms with van der Waals surface area (Å²) in [5.41, 5.74) is 4.47. The molecule has 2 N–H and O–H groups in total. The summed E-state index contributed by atoms with van der Waals surface area (Å²) in [5.74, 6) is 0.561. The van der Waals surface area contributed by atoms with Crippen LogP contribution in [0.25, 0.3) is 11.0 Å². The first-order valence-electron chi connectivity index (χ1n) is 10.1. The Morgan fingerprint density at radius 1 is 1.03 bits per heavy atom. The van der Waals surface area contributed by atoms with E-state index in [-0.39, 0.29) is 16.8 Å². The molecule has 32 heavy (non-hydrogen) atoms. The van der Waals surface area contributed by atoms with Gasteiger partial charge in [0.2, 0.25) is 0 Å². The molecule has 0 fully saturated rings. The van der Waals surface area contributed by atoms with Crippen molar-refractivity contribution in [2.24, 2.45) is 0 Å². The van der Waals surface area contributed by atoms with Crippen LogP contribution in [0.3, 0.4) is 0 Å². The van der Waals surface area contributed by atoms with Crippen molar-refractivity contribution >= 4 is 38.5 Å².